The molecule has 0 saturated heterocycles. The van der Waals surface area contributed by atoms with Crippen molar-refractivity contribution >= 4 is 9.84 Å². The molecule has 0 aliphatic carbocycles. The summed E-state index contributed by atoms with van der Waals surface area (Å²) in [6.07, 6.45) is 0. The van der Waals surface area contributed by atoms with Gasteiger partial charge in [-0.3, -0.25) is 10.4 Å². The number of hydrogen-bond acceptors (Lipinski definition) is 5. The molecule has 0 heterocycles. The second kappa shape index (κ2) is 5.77. The molecular formula is C11H15N3O2S. The van der Waals surface area contributed by atoms with Crippen LogP contribution in [0.2, 0.25) is 0 Å². The Morgan fingerprint density at radius 3 is 2.35 bits per heavy atom. The summed E-state index contributed by atoms with van der Waals surface area (Å²) in [5, 5.41) is 10.3. The van der Waals surface area contributed by atoms with Crippen LogP contribution in [0, 0.1) is 11.3 Å². The van der Waals surface area contributed by atoms with E-state index in [1.54, 1.807) is 19.1 Å². The third-order valence-electron chi connectivity index (χ3n) is 2.14. The topological polar surface area (TPSA) is 73.2 Å². The van der Waals surface area contributed by atoms with E-state index in [0.29, 0.717) is 12.1 Å². The van der Waals surface area contributed by atoms with Gasteiger partial charge >= 0.3 is 0 Å². The number of nitriles is 1. The highest BCUT2D eigenvalue weighted by atomic mass is 32.2. The second-order valence-electron chi connectivity index (χ2n) is 3.76. The first-order chi connectivity index (χ1) is 7.95. The molecule has 0 aliphatic heterocycles. The van der Waals surface area contributed by atoms with Gasteiger partial charge in [0.1, 0.15) is 0 Å². The van der Waals surface area contributed by atoms with Crippen molar-refractivity contribution in [2.24, 2.45) is 0 Å². The van der Waals surface area contributed by atoms with Gasteiger partial charge in [0.05, 0.1) is 22.3 Å². The predicted molar refractivity (Wildman–Crippen MR) is 64.9 cm³/mol. The molecule has 0 fully saturated rings. The summed E-state index contributed by atoms with van der Waals surface area (Å²) in [6, 6.07) is 7.89. The van der Waals surface area contributed by atoms with Crippen molar-refractivity contribution in [3.05, 3.63) is 29.8 Å². The molecule has 5 nitrogen and oxygen atoms in total. The summed E-state index contributed by atoms with van der Waals surface area (Å²) in [5.74, 6) is 0.0249. The molecule has 0 amide bonds. The molecule has 0 radical (unpaired) electrons. The van der Waals surface area contributed by atoms with Crippen molar-refractivity contribution in [2.45, 2.75) is 4.90 Å². The first kappa shape index (κ1) is 13.6. The van der Waals surface area contributed by atoms with Crippen LogP contribution in [0.25, 0.3) is 0 Å². The third kappa shape index (κ3) is 4.15. The Bertz CT molecular complexity index is 501. The number of sulfone groups is 1. The van der Waals surface area contributed by atoms with E-state index < -0.39 is 9.84 Å². The van der Waals surface area contributed by atoms with E-state index in [-0.39, 0.29) is 10.6 Å². The normalized spacial score (nSPS) is 11.4. The van der Waals surface area contributed by atoms with E-state index >= 15 is 0 Å². The van der Waals surface area contributed by atoms with Crippen LogP contribution in [0.15, 0.2) is 29.2 Å². The molecule has 1 aromatic carbocycles. The van der Waals surface area contributed by atoms with Crippen LogP contribution in [0.3, 0.4) is 0 Å². The second-order valence-corrected chi connectivity index (χ2v) is 5.87. The minimum atomic E-state index is -3.28. The van der Waals surface area contributed by atoms with Crippen LogP contribution in [-0.4, -0.2) is 39.8 Å². The lowest BCUT2D eigenvalue weighted by molar-refractivity contribution is 0.299. The Hall–Kier alpha value is -1.42. The highest BCUT2D eigenvalue weighted by Gasteiger charge is 2.13. The minimum Gasteiger partial charge on any atom is -0.255 e. The largest absolute Gasteiger partial charge is 0.255 e. The molecular weight excluding hydrogens is 238 g/mol. The zero-order valence-corrected chi connectivity index (χ0v) is 10.7. The van der Waals surface area contributed by atoms with Gasteiger partial charge < -0.3 is 0 Å². The van der Waals surface area contributed by atoms with Gasteiger partial charge in [0.2, 0.25) is 0 Å². The molecule has 0 atom stereocenters. The molecule has 0 bridgehead atoms. The average Bonchev–Trinajstić information content (AvgIpc) is 2.28. The summed E-state index contributed by atoms with van der Waals surface area (Å²) < 4.78 is 23.7. The SMILES string of the molecule is CN(C)NCCS(=O)(=O)c1ccc(C#N)cc1. The fourth-order valence-electron chi connectivity index (χ4n) is 1.26. The lowest BCUT2D eigenvalue weighted by Crippen LogP contribution is -2.34. The number of rotatable bonds is 5. The van der Waals surface area contributed by atoms with Crippen molar-refractivity contribution in [3.63, 3.8) is 0 Å². The van der Waals surface area contributed by atoms with Gasteiger partial charge in [0.25, 0.3) is 0 Å². The Balaban J connectivity index is 2.73. The Morgan fingerprint density at radius 2 is 1.88 bits per heavy atom. The van der Waals surface area contributed by atoms with E-state index in [4.69, 9.17) is 5.26 Å². The maximum absolute atomic E-state index is 11.9. The van der Waals surface area contributed by atoms with Gasteiger partial charge in [-0.15, -0.1) is 0 Å². The van der Waals surface area contributed by atoms with Gasteiger partial charge in [0.15, 0.2) is 9.84 Å². The maximum Gasteiger partial charge on any atom is 0.179 e. The van der Waals surface area contributed by atoms with Crippen molar-refractivity contribution < 1.29 is 8.42 Å². The summed E-state index contributed by atoms with van der Waals surface area (Å²) in [7, 11) is 0.320. The van der Waals surface area contributed by atoms with Crippen LogP contribution in [0.1, 0.15) is 5.56 Å². The zero-order chi connectivity index (χ0) is 12.9. The standard InChI is InChI=1S/C11H15N3O2S/c1-14(2)13-7-8-17(15,16)11-5-3-10(9-12)4-6-11/h3-6,13H,7-8H2,1-2H3. The van der Waals surface area contributed by atoms with Gasteiger partial charge in [-0.05, 0) is 24.3 Å². The Morgan fingerprint density at radius 1 is 1.29 bits per heavy atom. The molecule has 0 aliphatic rings. The molecule has 0 unspecified atom stereocenters. The summed E-state index contributed by atoms with van der Waals surface area (Å²) in [6.45, 7) is 0.356. The number of nitrogens with one attached hydrogen (secondary N) is 1. The smallest absolute Gasteiger partial charge is 0.179 e. The van der Waals surface area contributed by atoms with E-state index in [1.165, 1.54) is 24.3 Å². The van der Waals surface area contributed by atoms with E-state index in [2.05, 4.69) is 5.43 Å². The molecule has 17 heavy (non-hydrogen) atoms. The highest BCUT2D eigenvalue weighted by molar-refractivity contribution is 7.91. The summed E-state index contributed by atoms with van der Waals surface area (Å²) >= 11 is 0. The van der Waals surface area contributed by atoms with Gasteiger partial charge in [0, 0.05) is 20.6 Å². The van der Waals surface area contributed by atoms with Crippen LogP contribution >= 0.6 is 0 Å². The lowest BCUT2D eigenvalue weighted by atomic mass is 10.2. The molecule has 6 heteroatoms. The number of benzene rings is 1. The van der Waals surface area contributed by atoms with E-state index in [0.717, 1.165) is 0 Å². The van der Waals surface area contributed by atoms with E-state index in [1.807, 2.05) is 6.07 Å². The highest BCUT2D eigenvalue weighted by Crippen LogP contribution is 2.11. The molecule has 1 N–H and O–H groups in total. The van der Waals surface area contributed by atoms with Crippen molar-refractivity contribution in [3.8, 4) is 6.07 Å². The molecule has 1 rings (SSSR count). The quantitative estimate of drug-likeness (QED) is 0.769. The van der Waals surface area contributed by atoms with Crippen molar-refractivity contribution in [2.75, 3.05) is 26.4 Å². The molecule has 92 valence electrons. The molecule has 0 aromatic heterocycles. The molecule has 0 spiro atoms. The minimum absolute atomic E-state index is 0.0249. The monoisotopic (exact) mass is 253 g/mol. The number of hydrazine groups is 1. The van der Waals surface area contributed by atoms with Gasteiger partial charge in [-0.1, -0.05) is 0 Å². The molecule has 1 aromatic rings. The fourth-order valence-corrected chi connectivity index (χ4v) is 2.40. The van der Waals surface area contributed by atoms with Crippen LogP contribution in [0.4, 0.5) is 0 Å². The average molecular weight is 253 g/mol. The Kier molecular flexibility index (Phi) is 4.63. The van der Waals surface area contributed by atoms with E-state index in [9.17, 15) is 8.42 Å². The fraction of sp³-hybridized carbons (Fsp3) is 0.364. The number of nitrogens with zero attached hydrogens (tertiary/aromatic N) is 2. The maximum atomic E-state index is 11.9. The third-order valence-corrected chi connectivity index (χ3v) is 3.87. The van der Waals surface area contributed by atoms with Gasteiger partial charge in [-0.25, -0.2) is 8.42 Å². The first-order valence-electron chi connectivity index (χ1n) is 5.09. The first-order valence-corrected chi connectivity index (χ1v) is 6.74. The van der Waals surface area contributed by atoms with Crippen LogP contribution in [0.5, 0.6) is 0 Å². The van der Waals surface area contributed by atoms with Gasteiger partial charge in [-0.2, -0.15) is 5.26 Å². The molecule has 0 saturated carbocycles. The van der Waals surface area contributed by atoms with Crippen LogP contribution < -0.4 is 5.43 Å². The number of hydrogen-bond donors (Lipinski definition) is 1. The predicted octanol–water partition coefficient (Wildman–Crippen LogP) is 0.398. The van der Waals surface area contributed by atoms with Crippen LogP contribution in [-0.2, 0) is 9.84 Å². The zero-order valence-electron chi connectivity index (χ0n) is 9.84. The summed E-state index contributed by atoms with van der Waals surface area (Å²) in [4.78, 5) is 0.247. The summed E-state index contributed by atoms with van der Waals surface area (Å²) in [5.41, 5.74) is 3.35. The Labute approximate surface area is 102 Å². The van der Waals surface area contributed by atoms with Crippen molar-refractivity contribution in [1.82, 2.24) is 10.4 Å². The lowest BCUT2D eigenvalue weighted by Gasteiger charge is -2.11. The van der Waals surface area contributed by atoms with Crippen molar-refractivity contribution in [1.29, 1.82) is 5.26 Å².